The van der Waals surface area contributed by atoms with Gasteiger partial charge in [0.2, 0.25) is 0 Å². The molecule has 0 aliphatic rings. The first-order valence-electron chi connectivity index (χ1n) is 5.94. The van der Waals surface area contributed by atoms with Gasteiger partial charge in [0.25, 0.3) is 0 Å². The van der Waals surface area contributed by atoms with Gasteiger partial charge in [-0.1, -0.05) is 19.1 Å². The molecule has 1 atom stereocenters. The van der Waals surface area contributed by atoms with Gasteiger partial charge in [-0.05, 0) is 48.9 Å². The third kappa shape index (κ3) is 3.31. The molecule has 2 rings (SSSR count). The molecule has 1 heterocycles. The molecule has 3 nitrogen and oxygen atoms in total. The predicted molar refractivity (Wildman–Crippen MR) is 72.6 cm³/mol. The van der Waals surface area contributed by atoms with Gasteiger partial charge in [-0.25, -0.2) is 9.97 Å². The van der Waals surface area contributed by atoms with Gasteiger partial charge in [0, 0.05) is 16.8 Å². The van der Waals surface area contributed by atoms with Gasteiger partial charge in [-0.2, -0.15) is 0 Å². The fourth-order valence-electron chi connectivity index (χ4n) is 1.57. The van der Waals surface area contributed by atoms with Crippen LogP contribution in [0.4, 0.5) is 0 Å². The minimum atomic E-state index is -0.376. The van der Waals surface area contributed by atoms with E-state index in [-0.39, 0.29) is 6.10 Å². The van der Waals surface area contributed by atoms with Crippen LogP contribution in [-0.2, 0) is 0 Å². The van der Waals surface area contributed by atoms with Gasteiger partial charge in [-0.15, -0.1) is 0 Å². The molecule has 1 aromatic heterocycles. The highest BCUT2D eigenvalue weighted by Crippen LogP contribution is 2.26. The first-order chi connectivity index (χ1) is 8.69. The number of aryl methyl sites for hydroxylation is 1. The van der Waals surface area contributed by atoms with Gasteiger partial charge in [-0.3, -0.25) is 0 Å². The van der Waals surface area contributed by atoms with Gasteiger partial charge in [0.15, 0.2) is 5.16 Å². The van der Waals surface area contributed by atoms with E-state index in [1.54, 1.807) is 6.20 Å². The minimum Gasteiger partial charge on any atom is -0.388 e. The molecule has 1 aromatic carbocycles. The zero-order valence-electron chi connectivity index (χ0n) is 10.5. The van der Waals surface area contributed by atoms with Crippen molar-refractivity contribution < 1.29 is 5.11 Å². The number of hydrogen-bond acceptors (Lipinski definition) is 4. The standard InChI is InChI=1S/C14H16N2OS/c1-3-13(17)11-4-6-12(7-5-11)18-14-15-9-8-10(2)16-14/h4-9,13,17H,3H2,1-2H3. The first-order valence-corrected chi connectivity index (χ1v) is 6.76. The molecule has 0 aliphatic carbocycles. The minimum absolute atomic E-state index is 0.376. The van der Waals surface area contributed by atoms with Crippen LogP contribution < -0.4 is 0 Å². The highest BCUT2D eigenvalue weighted by atomic mass is 32.2. The van der Waals surface area contributed by atoms with Crippen LogP contribution >= 0.6 is 11.8 Å². The van der Waals surface area contributed by atoms with E-state index in [0.717, 1.165) is 27.7 Å². The molecular formula is C14H16N2OS. The summed E-state index contributed by atoms with van der Waals surface area (Å²) in [4.78, 5) is 9.63. The van der Waals surface area contributed by atoms with E-state index in [1.165, 1.54) is 11.8 Å². The Labute approximate surface area is 111 Å². The Kier molecular flexibility index (Phi) is 4.33. The Morgan fingerprint density at radius 1 is 1.22 bits per heavy atom. The summed E-state index contributed by atoms with van der Waals surface area (Å²) in [5, 5.41) is 10.5. The summed E-state index contributed by atoms with van der Waals surface area (Å²) in [5.41, 5.74) is 1.91. The van der Waals surface area contributed by atoms with Crippen molar-refractivity contribution in [3.63, 3.8) is 0 Å². The maximum absolute atomic E-state index is 9.71. The highest BCUT2D eigenvalue weighted by Gasteiger charge is 2.05. The molecule has 0 saturated heterocycles. The summed E-state index contributed by atoms with van der Waals surface area (Å²) in [7, 11) is 0. The number of aromatic nitrogens is 2. The van der Waals surface area contributed by atoms with Crippen molar-refractivity contribution in [1.29, 1.82) is 0 Å². The number of hydrogen-bond donors (Lipinski definition) is 1. The second kappa shape index (κ2) is 5.98. The van der Waals surface area contributed by atoms with Crippen molar-refractivity contribution in [3.8, 4) is 0 Å². The monoisotopic (exact) mass is 260 g/mol. The molecule has 0 bridgehead atoms. The van der Waals surface area contributed by atoms with Crippen LogP contribution in [0, 0.1) is 6.92 Å². The lowest BCUT2D eigenvalue weighted by Crippen LogP contribution is -1.94. The van der Waals surface area contributed by atoms with Gasteiger partial charge in [0.05, 0.1) is 6.10 Å². The fraction of sp³-hybridized carbons (Fsp3) is 0.286. The maximum atomic E-state index is 9.71. The van der Waals surface area contributed by atoms with Crippen LogP contribution in [0.15, 0.2) is 46.6 Å². The van der Waals surface area contributed by atoms with Crippen LogP contribution in [0.25, 0.3) is 0 Å². The lowest BCUT2D eigenvalue weighted by molar-refractivity contribution is 0.173. The van der Waals surface area contributed by atoms with Crippen LogP contribution in [0.5, 0.6) is 0 Å². The van der Waals surface area contributed by atoms with E-state index in [4.69, 9.17) is 0 Å². The summed E-state index contributed by atoms with van der Waals surface area (Å²) >= 11 is 1.53. The van der Waals surface area contributed by atoms with Gasteiger partial charge in [0.1, 0.15) is 0 Å². The van der Waals surface area contributed by atoms with Crippen molar-refractivity contribution in [3.05, 3.63) is 47.8 Å². The Balaban J connectivity index is 2.11. The first kappa shape index (κ1) is 13.1. The van der Waals surface area contributed by atoms with E-state index in [2.05, 4.69) is 9.97 Å². The zero-order valence-corrected chi connectivity index (χ0v) is 11.3. The van der Waals surface area contributed by atoms with E-state index in [0.29, 0.717) is 0 Å². The van der Waals surface area contributed by atoms with Crippen molar-refractivity contribution in [2.24, 2.45) is 0 Å². The van der Waals surface area contributed by atoms with Crippen molar-refractivity contribution in [1.82, 2.24) is 9.97 Å². The molecule has 0 saturated carbocycles. The quantitative estimate of drug-likeness (QED) is 0.856. The van der Waals surface area contributed by atoms with Gasteiger partial charge < -0.3 is 5.11 Å². The number of benzene rings is 1. The number of rotatable bonds is 4. The molecule has 94 valence electrons. The lowest BCUT2D eigenvalue weighted by atomic mass is 10.1. The Hall–Kier alpha value is -1.39. The molecule has 0 spiro atoms. The van der Waals surface area contributed by atoms with Crippen molar-refractivity contribution >= 4 is 11.8 Å². The van der Waals surface area contributed by atoms with E-state index < -0.39 is 0 Å². The molecule has 0 radical (unpaired) electrons. The molecular weight excluding hydrogens is 244 g/mol. The van der Waals surface area contributed by atoms with Crippen LogP contribution in [-0.4, -0.2) is 15.1 Å². The van der Waals surface area contributed by atoms with Crippen LogP contribution in [0.3, 0.4) is 0 Å². The number of aliphatic hydroxyl groups excluding tert-OH is 1. The summed E-state index contributed by atoms with van der Waals surface area (Å²) in [6, 6.07) is 9.76. The average Bonchev–Trinajstić information content (AvgIpc) is 2.39. The second-order valence-corrected chi connectivity index (χ2v) is 5.12. The summed E-state index contributed by atoms with van der Waals surface area (Å²) in [5.74, 6) is 0. The number of nitrogens with zero attached hydrogens (tertiary/aromatic N) is 2. The molecule has 2 aromatic rings. The highest BCUT2D eigenvalue weighted by molar-refractivity contribution is 7.99. The summed E-state index contributed by atoms with van der Waals surface area (Å²) in [6.07, 6.45) is 2.12. The van der Waals surface area contributed by atoms with Crippen LogP contribution in [0.2, 0.25) is 0 Å². The Bertz CT molecular complexity index is 513. The van der Waals surface area contributed by atoms with E-state index >= 15 is 0 Å². The average molecular weight is 260 g/mol. The lowest BCUT2D eigenvalue weighted by Gasteiger charge is -2.08. The smallest absolute Gasteiger partial charge is 0.192 e. The Morgan fingerprint density at radius 2 is 1.94 bits per heavy atom. The largest absolute Gasteiger partial charge is 0.388 e. The predicted octanol–water partition coefficient (Wildman–Crippen LogP) is 3.38. The third-order valence-electron chi connectivity index (χ3n) is 2.63. The molecule has 18 heavy (non-hydrogen) atoms. The van der Waals surface area contributed by atoms with Crippen LogP contribution in [0.1, 0.15) is 30.7 Å². The normalized spacial score (nSPS) is 12.4. The second-order valence-electron chi connectivity index (χ2n) is 4.08. The zero-order chi connectivity index (χ0) is 13.0. The molecule has 0 fully saturated rings. The molecule has 0 aliphatic heterocycles. The summed E-state index contributed by atoms with van der Waals surface area (Å²) < 4.78 is 0. The number of aliphatic hydroxyl groups is 1. The maximum Gasteiger partial charge on any atom is 0.192 e. The van der Waals surface area contributed by atoms with Crippen molar-refractivity contribution in [2.45, 2.75) is 36.4 Å². The SMILES string of the molecule is CCC(O)c1ccc(Sc2nccc(C)n2)cc1. The third-order valence-corrected chi connectivity index (χ3v) is 3.52. The molecule has 4 heteroatoms. The van der Waals surface area contributed by atoms with Gasteiger partial charge >= 0.3 is 0 Å². The van der Waals surface area contributed by atoms with E-state index in [9.17, 15) is 5.11 Å². The van der Waals surface area contributed by atoms with E-state index in [1.807, 2.05) is 44.2 Å². The molecule has 1 unspecified atom stereocenters. The topological polar surface area (TPSA) is 46.0 Å². The molecule has 0 amide bonds. The summed E-state index contributed by atoms with van der Waals surface area (Å²) in [6.45, 7) is 3.92. The fourth-order valence-corrected chi connectivity index (χ4v) is 2.36. The van der Waals surface area contributed by atoms with Crippen molar-refractivity contribution in [2.75, 3.05) is 0 Å². The Morgan fingerprint density at radius 3 is 2.56 bits per heavy atom. The molecule has 1 N–H and O–H groups in total.